The average Bonchev–Trinajstić information content (AvgIpc) is 2.90. The van der Waals surface area contributed by atoms with Crippen LogP contribution >= 0.6 is 11.6 Å². The first-order chi connectivity index (χ1) is 12.6. The Balaban J connectivity index is 1.52. The SMILES string of the molecule is O=c1c2c([nH]n1Cc1cccc(F)c1)CN(Cc1cccc(Cl)c1)CC2. The summed E-state index contributed by atoms with van der Waals surface area (Å²) in [6, 6.07) is 14.2. The van der Waals surface area contributed by atoms with Crippen LogP contribution in [-0.4, -0.2) is 21.2 Å². The van der Waals surface area contributed by atoms with Gasteiger partial charge in [-0.1, -0.05) is 35.9 Å². The van der Waals surface area contributed by atoms with Gasteiger partial charge in [-0.15, -0.1) is 0 Å². The number of aromatic amines is 1. The summed E-state index contributed by atoms with van der Waals surface area (Å²) in [7, 11) is 0. The van der Waals surface area contributed by atoms with E-state index in [-0.39, 0.29) is 11.4 Å². The van der Waals surface area contributed by atoms with Crippen LogP contribution in [0.4, 0.5) is 4.39 Å². The molecule has 0 bridgehead atoms. The van der Waals surface area contributed by atoms with Crippen LogP contribution < -0.4 is 5.56 Å². The van der Waals surface area contributed by atoms with Crippen LogP contribution in [0, 0.1) is 5.82 Å². The first kappa shape index (κ1) is 17.1. The molecule has 3 aromatic rings. The summed E-state index contributed by atoms with van der Waals surface area (Å²) in [5, 5.41) is 3.94. The first-order valence-electron chi connectivity index (χ1n) is 8.60. The minimum absolute atomic E-state index is 0.00772. The lowest BCUT2D eigenvalue weighted by atomic mass is 10.1. The van der Waals surface area contributed by atoms with E-state index in [1.807, 2.05) is 24.3 Å². The second kappa shape index (κ2) is 7.09. The van der Waals surface area contributed by atoms with Crippen LogP contribution in [0.25, 0.3) is 0 Å². The Hall–Kier alpha value is -2.37. The van der Waals surface area contributed by atoms with Crippen molar-refractivity contribution in [1.82, 2.24) is 14.7 Å². The second-order valence-electron chi connectivity index (χ2n) is 6.68. The van der Waals surface area contributed by atoms with Gasteiger partial charge in [0.1, 0.15) is 5.82 Å². The Morgan fingerprint density at radius 1 is 1.08 bits per heavy atom. The molecule has 2 aromatic carbocycles. The molecule has 6 heteroatoms. The van der Waals surface area contributed by atoms with E-state index in [9.17, 15) is 9.18 Å². The largest absolute Gasteiger partial charge is 0.298 e. The Kier molecular flexibility index (Phi) is 4.66. The van der Waals surface area contributed by atoms with Crippen molar-refractivity contribution in [2.24, 2.45) is 0 Å². The fourth-order valence-electron chi connectivity index (χ4n) is 3.49. The molecule has 0 spiro atoms. The molecule has 0 saturated heterocycles. The minimum atomic E-state index is -0.292. The molecule has 0 fully saturated rings. The maximum absolute atomic E-state index is 13.4. The molecule has 0 saturated carbocycles. The van der Waals surface area contributed by atoms with Gasteiger partial charge in [0, 0.05) is 30.2 Å². The van der Waals surface area contributed by atoms with E-state index >= 15 is 0 Å². The van der Waals surface area contributed by atoms with Crippen LogP contribution in [-0.2, 0) is 26.1 Å². The minimum Gasteiger partial charge on any atom is -0.298 e. The molecule has 134 valence electrons. The predicted octanol–water partition coefficient (Wildman–Crippen LogP) is 3.58. The number of aromatic nitrogens is 2. The standard InChI is InChI=1S/C20H19ClFN3O/c21-16-5-1-3-14(9-16)11-24-8-7-18-19(13-24)23-25(20(18)26)12-15-4-2-6-17(22)10-15/h1-6,9-10,23H,7-8,11-13H2. The number of hydrogen-bond donors (Lipinski definition) is 1. The van der Waals surface area contributed by atoms with Crippen molar-refractivity contribution in [2.75, 3.05) is 6.54 Å². The van der Waals surface area contributed by atoms with E-state index in [4.69, 9.17) is 11.6 Å². The normalized spacial score (nSPS) is 14.4. The Morgan fingerprint density at radius 3 is 2.62 bits per heavy atom. The predicted molar refractivity (Wildman–Crippen MR) is 99.8 cm³/mol. The molecule has 0 amide bonds. The highest BCUT2D eigenvalue weighted by atomic mass is 35.5. The molecule has 0 atom stereocenters. The zero-order chi connectivity index (χ0) is 18.1. The molecule has 1 aliphatic heterocycles. The third-order valence-corrected chi connectivity index (χ3v) is 4.96. The van der Waals surface area contributed by atoms with E-state index < -0.39 is 0 Å². The van der Waals surface area contributed by atoms with Crippen LogP contribution in [0.2, 0.25) is 5.02 Å². The smallest absolute Gasteiger partial charge is 0.270 e. The molecule has 0 radical (unpaired) electrons. The fourth-order valence-corrected chi connectivity index (χ4v) is 3.70. The number of nitrogens with zero attached hydrogens (tertiary/aromatic N) is 2. The highest BCUT2D eigenvalue weighted by Crippen LogP contribution is 2.19. The highest BCUT2D eigenvalue weighted by Gasteiger charge is 2.22. The van der Waals surface area contributed by atoms with Gasteiger partial charge in [0.05, 0.1) is 12.2 Å². The number of benzene rings is 2. The van der Waals surface area contributed by atoms with E-state index in [2.05, 4.69) is 16.1 Å². The Morgan fingerprint density at radius 2 is 1.85 bits per heavy atom. The van der Waals surface area contributed by atoms with Gasteiger partial charge in [0.2, 0.25) is 0 Å². The van der Waals surface area contributed by atoms with Crippen LogP contribution in [0.3, 0.4) is 0 Å². The van der Waals surface area contributed by atoms with E-state index in [1.54, 1.807) is 10.7 Å². The van der Waals surface area contributed by atoms with Gasteiger partial charge in [0.25, 0.3) is 5.56 Å². The Bertz CT molecular complexity index is 995. The average molecular weight is 372 g/mol. The van der Waals surface area contributed by atoms with Crippen LogP contribution in [0.1, 0.15) is 22.4 Å². The van der Waals surface area contributed by atoms with Gasteiger partial charge in [-0.25, -0.2) is 9.07 Å². The maximum atomic E-state index is 13.4. The lowest BCUT2D eigenvalue weighted by Gasteiger charge is -2.26. The highest BCUT2D eigenvalue weighted by molar-refractivity contribution is 6.30. The van der Waals surface area contributed by atoms with Crippen LogP contribution in [0.15, 0.2) is 53.3 Å². The van der Waals surface area contributed by atoms with Gasteiger partial charge in [0.15, 0.2) is 0 Å². The van der Waals surface area contributed by atoms with Crippen molar-refractivity contribution in [3.63, 3.8) is 0 Å². The fraction of sp³-hybridized carbons (Fsp3) is 0.250. The van der Waals surface area contributed by atoms with Gasteiger partial charge >= 0.3 is 0 Å². The zero-order valence-electron chi connectivity index (χ0n) is 14.2. The monoisotopic (exact) mass is 371 g/mol. The third-order valence-electron chi connectivity index (χ3n) is 4.72. The summed E-state index contributed by atoms with van der Waals surface area (Å²) in [6.07, 6.45) is 0.710. The summed E-state index contributed by atoms with van der Waals surface area (Å²) in [5.41, 5.74) is 3.69. The molecule has 4 nitrogen and oxygen atoms in total. The molecular formula is C20H19ClFN3O. The zero-order valence-corrected chi connectivity index (χ0v) is 15.0. The first-order valence-corrected chi connectivity index (χ1v) is 8.98. The van der Waals surface area contributed by atoms with Gasteiger partial charge < -0.3 is 0 Å². The van der Waals surface area contributed by atoms with E-state index in [1.165, 1.54) is 12.1 Å². The molecular weight excluding hydrogens is 353 g/mol. The quantitative estimate of drug-likeness (QED) is 0.761. The molecule has 1 aromatic heterocycles. The molecule has 2 heterocycles. The number of nitrogens with one attached hydrogen (secondary N) is 1. The lowest BCUT2D eigenvalue weighted by molar-refractivity contribution is 0.242. The maximum Gasteiger partial charge on any atom is 0.270 e. The molecule has 1 N–H and O–H groups in total. The lowest BCUT2D eigenvalue weighted by Crippen LogP contribution is -2.31. The summed E-state index contributed by atoms with van der Waals surface area (Å²) < 4.78 is 14.9. The number of halogens is 2. The van der Waals surface area contributed by atoms with Crippen molar-refractivity contribution in [2.45, 2.75) is 26.1 Å². The molecule has 1 aliphatic rings. The summed E-state index contributed by atoms with van der Waals surface area (Å²) >= 11 is 6.06. The number of rotatable bonds is 4. The van der Waals surface area contributed by atoms with E-state index in [0.29, 0.717) is 19.5 Å². The number of hydrogen-bond acceptors (Lipinski definition) is 2. The second-order valence-corrected chi connectivity index (χ2v) is 7.12. The van der Waals surface area contributed by atoms with Gasteiger partial charge in [-0.05, 0) is 41.8 Å². The van der Waals surface area contributed by atoms with Gasteiger partial charge in [-0.3, -0.25) is 14.8 Å². The van der Waals surface area contributed by atoms with Crippen molar-refractivity contribution >= 4 is 11.6 Å². The third kappa shape index (κ3) is 3.59. The summed E-state index contributed by atoms with van der Waals surface area (Å²) in [5.74, 6) is -0.292. The Labute approximate surface area is 155 Å². The van der Waals surface area contributed by atoms with Crippen molar-refractivity contribution in [1.29, 1.82) is 0 Å². The number of H-pyrrole nitrogens is 1. The molecule has 0 unspecified atom stereocenters. The van der Waals surface area contributed by atoms with Crippen molar-refractivity contribution in [3.8, 4) is 0 Å². The molecule has 26 heavy (non-hydrogen) atoms. The van der Waals surface area contributed by atoms with Crippen molar-refractivity contribution in [3.05, 3.63) is 92.1 Å². The molecule has 4 rings (SSSR count). The summed E-state index contributed by atoms with van der Waals surface area (Å²) in [4.78, 5) is 14.9. The van der Waals surface area contributed by atoms with Gasteiger partial charge in [-0.2, -0.15) is 0 Å². The van der Waals surface area contributed by atoms with Crippen molar-refractivity contribution < 1.29 is 4.39 Å². The van der Waals surface area contributed by atoms with E-state index in [0.717, 1.165) is 40.5 Å². The number of fused-ring (bicyclic) bond motifs is 1. The summed E-state index contributed by atoms with van der Waals surface area (Å²) in [6.45, 7) is 2.65. The topological polar surface area (TPSA) is 41.0 Å². The molecule has 0 aliphatic carbocycles. The van der Waals surface area contributed by atoms with Crippen LogP contribution in [0.5, 0.6) is 0 Å².